The lowest BCUT2D eigenvalue weighted by atomic mass is 9.66. The van der Waals surface area contributed by atoms with E-state index in [9.17, 15) is 4.79 Å². The molecule has 0 aromatic heterocycles. The Morgan fingerprint density at radius 1 is 1.69 bits per heavy atom. The molecule has 1 saturated heterocycles. The van der Waals surface area contributed by atoms with E-state index in [4.69, 9.17) is 10.1 Å². The Morgan fingerprint density at radius 2 is 2.38 bits per heavy atom. The number of hydrogen-bond acceptors (Lipinski definition) is 3. The van der Waals surface area contributed by atoms with Crippen LogP contribution in [0.15, 0.2) is 0 Å². The number of hydrogen-bond donors (Lipinski definition) is 3. The van der Waals surface area contributed by atoms with Crippen molar-refractivity contribution in [1.82, 2.24) is 5.32 Å². The molecule has 2 atom stereocenters. The molecule has 5 heteroatoms. The highest BCUT2D eigenvalue weighted by Gasteiger charge is 2.28. The van der Waals surface area contributed by atoms with Gasteiger partial charge in [-0.2, -0.15) is 0 Å². The van der Waals surface area contributed by atoms with Gasteiger partial charge in [0.05, 0.1) is 0 Å². The molecule has 0 spiro atoms. The summed E-state index contributed by atoms with van der Waals surface area (Å²) >= 11 is 0. The summed E-state index contributed by atoms with van der Waals surface area (Å²) in [7, 11) is 0. The molecule has 0 radical (unpaired) electrons. The van der Waals surface area contributed by atoms with Gasteiger partial charge in [-0.3, -0.25) is 4.79 Å². The van der Waals surface area contributed by atoms with E-state index in [1.807, 2.05) is 0 Å². The Bertz CT molecular complexity index is 186. The van der Waals surface area contributed by atoms with Crippen molar-refractivity contribution in [2.75, 3.05) is 6.54 Å². The van der Waals surface area contributed by atoms with Gasteiger partial charge in [0.2, 0.25) is 0 Å². The van der Waals surface area contributed by atoms with Gasteiger partial charge >= 0.3 is 5.97 Å². The first kappa shape index (κ1) is 10.5. The molecular formula is C8H16BNO3. The van der Waals surface area contributed by atoms with Crippen LogP contribution in [0.3, 0.4) is 0 Å². The van der Waals surface area contributed by atoms with Gasteiger partial charge in [-0.05, 0) is 25.2 Å². The molecule has 74 valence electrons. The lowest BCUT2D eigenvalue weighted by molar-refractivity contribution is -0.139. The Morgan fingerprint density at radius 3 is 2.85 bits per heavy atom. The second-order valence-corrected chi connectivity index (χ2v) is 3.83. The third-order valence-corrected chi connectivity index (χ3v) is 2.51. The molecule has 4 nitrogen and oxygen atoms in total. The number of aliphatic carboxylic acids is 1. The van der Waals surface area contributed by atoms with Crippen molar-refractivity contribution in [2.45, 2.75) is 32.0 Å². The Labute approximate surface area is 78.4 Å². The molecule has 1 heterocycles. The van der Waals surface area contributed by atoms with Crippen LogP contribution in [0.5, 0.6) is 0 Å². The zero-order valence-electron chi connectivity index (χ0n) is 7.86. The van der Waals surface area contributed by atoms with E-state index in [-0.39, 0.29) is 13.0 Å². The van der Waals surface area contributed by atoms with E-state index in [0.717, 1.165) is 19.3 Å². The first-order valence-electron chi connectivity index (χ1n) is 4.74. The topological polar surface area (TPSA) is 69.6 Å². The highest BCUT2D eigenvalue weighted by molar-refractivity contribution is 6.48. The first-order chi connectivity index (χ1) is 6.09. The number of rotatable bonds is 4. The minimum atomic E-state index is -0.764. The standard InChI is InChI=1S/C8H16BNO3/c1-9(13)3-2-6-4-7(8(11)12)10-5-6/h6-7,10,13H,2-5H2,1H3,(H,11,12). The summed E-state index contributed by atoms with van der Waals surface area (Å²) in [6.45, 7) is 2.25. The predicted octanol–water partition coefficient (Wildman–Crippen LogP) is 0.0528. The summed E-state index contributed by atoms with van der Waals surface area (Å²) in [6, 6.07) is -0.376. The molecule has 0 aromatic rings. The number of carbonyl (C=O) groups is 1. The van der Waals surface area contributed by atoms with Gasteiger partial charge in [0.25, 0.3) is 6.92 Å². The maximum absolute atomic E-state index is 10.6. The van der Waals surface area contributed by atoms with Crippen LogP contribution in [-0.4, -0.2) is 35.6 Å². The fourth-order valence-electron chi connectivity index (χ4n) is 1.69. The molecule has 1 fully saturated rings. The fourth-order valence-corrected chi connectivity index (χ4v) is 1.69. The zero-order valence-corrected chi connectivity index (χ0v) is 7.86. The summed E-state index contributed by atoms with van der Waals surface area (Å²) in [5.41, 5.74) is 0. The molecule has 1 aliphatic heterocycles. The average molecular weight is 185 g/mol. The largest absolute Gasteiger partial charge is 0.480 e. The Kier molecular flexibility index (Phi) is 3.75. The van der Waals surface area contributed by atoms with Crippen molar-refractivity contribution in [1.29, 1.82) is 0 Å². The third-order valence-electron chi connectivity index (χ3n) is 2.51. The molecule has 0 aromatic carbocycles. The number of nitrogens with one attached hydrogen (secondary N) is 1. The molecule has 0 bridgehead atoms. The van der Waals surface area contributed by atoms with Crippen molar-refractivity contribution in [3.05, 3.63) is 0 Å². The summed E-state index contributed by atoms with van der Waals surface area (Å²) in [5, 5.41) is 20.7. The average Bonchev–Trinajstić information content (AvgIpc) is 2.48. The second kappa shape index (κ2) is 4.62. The third kappa shape index (κ3) is 3.36. The molecule has 1 aliphatic rings. The SMILES string of the molecule is CB(O)CCC1CNC(C(=O)O)C1. The van der Waals surface area contributed by atoms with E-state index >= 15 is 0 Å². The van der Waals surface area contributed by atoms with E-state index in [0.29, 0.717) is 12.3 Å². The fraction of sp³-hybridized carbons (Fsp3) is 0.875. The van der Waals surface area contributed by atoms with Gasteiger partial charge < -0.3 is 15.4 Å². The van der Waals surface area contributed by atoms with Crippen LogP contribution in [0.25, 0.3) is 0 Å². The molecule has 1 rings (SSSR count). The van der Waals surface area contributed by atoms with Crippen LogP contribution in [0.1, 0.15) is 12.8 Å². The Balaban J connectivity index is 2.21. The van der Waals surface area contributed by atoms with Gasteiger partial charge in [0.15, 0.2) is 0 Å². The molecule has 3 N–H and O–H groups in total. The minimum Gasteiger partial charge on any atom is -0.480 e. The normalized spacial score (nSPS) is 27.5. The molecular weight excluding hydrogens is 169 g/mol. The summed E-state index contributed by atoms with van der Waals surface area (Å²) in [4.78, 5) is 10.6. The molecule has 2 unspecified atom stereocenters. The van der Waals surface area contributed by atoms with Crippen molar-refractivity contribution in [2.24, 2.45) is 5.92 Å². The quantitative estimate of drug-likeness (QED) is 0.541. The van der Waals surface area contributed by atoms with Gasteiger partial charge in [0, 0.05) is 0 Å². The van der Waals surface area contributed by atoms with Gasteiger partial charge in [-0.25, -0.2) is 0 Å². The Hall–Kier alpha value is -0.545. The van der Waals surface area contributed by atoms with E-state index < -0.39 is 5.97 Å². The number of carboxylic acids is 1. The van der Waals surface area contributed by atoms with Crippen LogP contribution < -0.4 is 5.32 Å². The van der Waals surface area contributed by atoms with Crippen molar-refractivity contribution < 1.29 is 14.9 Å². The van der Waals surface area contributed by atoms with Gasteiger partial charge in [-0.1, -0.05) is 13.2 Å². The smallest absolute Gasteiger partial charge is 0.320 e. The van der Waals surface area contributed by atoms with Gasteiger partial charge in [0.1, 0.15) is 6.04 Å². The maximum Gasteiger partial charge on any atom is 0.320 e. The van der Waals surface area contributed by atoms with E-state index in [1.54, 1.807) is 6.82 Å². The predicted molar refractivity (Wildman–Crippen MR) is 50.8 cm³/mol. The van der Waals surface area contributed by atoms with Crippen molar-refractivity contribution in [3.8, 4) is 0 Å². The number of carboxylic acid groups (broad SMARTS) is 1. The maximum atomic E-state index is 10.6. The highest BCUT2D eigenvalue weighted by Crippen LogP contribution is 2.19. The van der Waals surface area contributed by atoms with Crippen LogP contribution in [0.4, 0.5) is 0 Å². The zero-order chi connectivity index (χ0) is 9.84. The van der Waals surface area contributed by atoms with Crippen LogP contribution in [0.2, 0.25) is 13.1 Å². The molecule has 0 amide bonds. The van der Waals surface area contributed by atoms with E-state index in [2.05, 4.69) is 5.32 Å². The summed E-state index contributed by atoms with van der Waals surface area (Å²) in [6.07, 6.45) is 2.37. The first-order valence-corrected chi connectivity index (χ1v) is 4.74. The lowest BCUT2D eigenvalue weighted by Gasteiger charge is -2.07. The van der Waals surface area contributed by atoms with Crippen LogP contribution in [-0.2, 0) is 4.79 Å². The second-order valence-electron chi connectivity index (χ2n) is 3.83. The van der Waals surface area contributed by atoms with Gasteiger partial charge in [-0.15, -0.1) is 0 Å². The summed E-state index contributed by atoms with van der Waals surface area (Å²) in [5.74, 6) is -0.352. The minimum absolute atomic E-state index is 0.274. The molecule has 13 heavy (non-hydrogen) atoms. The van der Waals surface area contributed by atoms with Crippen LogP contribution >= 0.6 is 0 Å². The van der Waals surface area contributed by atoms with Crippen molar-refractivity contribution in [3.63, 3.8) is 0 Å². The summed E-state index contributed by atoms with van der Waals surface area (Å²) < 4.78 is 0. The highest BCUT2D eigenvalue weighted by atomic mass is 16.4. The van der Waals surface area contributed by atoms with Crippen LogP contribution in [0, 0.1) is 5.92 Å². The lowest BCUT2D eigenvalue weighted by Crippen LogP contribution is -2.29. The van der Waals surface area contributed by atoms with E-state index in [1.165, 1.54) is 0 Å². The molecule has 0 aliphatic carbocycles. The molecule has 0 saturated carbocycles. The monoisotopic (exact) mass is 185 g/mol. The van der Waals surface area contributed by atoms with Crippen molar-refractivity contribution >= 4 is 12.9 Å².